The molecule has 0 aromatic heterocycles. The molecule has 4 amide bonds. The average Bonchev–Trinajstić information content (AvgIpc) is 2.99. The van der Waals surface area contributed by atoms with E-state index in [1.165, 1.54) is 4.90 Å². The Morgan fingerprint density at radius 2 is 2.00 bits per heavy atom. The van der Waals surface area contributed by atoms with E-state index in [4.69, 9.17) is 0 Å². The maximum absolute atomic E-state index is 12.9. The maximum Gasteiger partial charge on any atom is 0.268 e. The Morgan fingerprint density at radius 3 is 2.73 bits per heavy atom. The Bertz CT molecular complexity index is 800. The van der Waals surface area contributed by atoms with Gasteiger partial charge < -0.3 is 4.90 Å². The first-order chi connectivity index (χ1) is 12.6. The van der Waals surface area contributed by atoms with E-state index in [9.17, 15) is 19.2 Å². The normalized spacial score (nSPS) is 23.1. The van der Waals surface area contributed by atoms with Gasteiger partial charge in [-0.2, -0.15) is 0 Å². The summed E-state index contributed by atoms with van der Waals surface area (Å²) < 4.78 is 0. The molecule has 3 heterocycles. The predicted molar refractivity (Wildman–Crippen MR) is 90.8 cm³/mol. The number of nitrogens with zero attached hydrogens (tertiary/aromatic N) is 2. The number of benzene rings is 1. The predicted octanol–water partition coefficient (Wildman–Crippen LogP) is 0.188. The molecule has 1 atom stereocenters. The van der Waals surface area contributed by atoms with Crippen molar-refractivity contribution < 1.29 is 19.2 Å². The highest BCUT2D eigenvalue weighted by Crippen LogP contribution is 2.30. The summed E-state index contributed by atoms with van der Waals surface area (Å²) in [5.41, 5.74) is 4.68. The molecule has 2 fully saturated rings. The molecule has 1 aromatic carbocycles. The van der Waals surface area contributed by atoms with Crippen LogP contribution in [0, 0.1) is 0 Å². The van der Waals surface area contributed by atoms with Crippen molar-refractivity contribution in [1.82, 2.24) is 20.7 Å². The summed E-state index contributed by atoms with van der Waals surface area (Å²) in [6, 6.07) is 4.42. The van der Waals surface area contributed by atoms with Gasteiger partial charge in [-0.25, -0.2) is 5.43 Å². The second-order valence-corrected chi connectivity index (χ2v) is 6.80. The largest absolute Gasteiger partial charge is 0.322 e. The number of hydrogen-bond acceptors (Lipinski definition) is 5. The van der Waals surface area contributed by atoms with Crippen LogP contribution in [0.15, 0.2) is 18.2 Å². The van der Waals surface area contributed by atoms with E-state index >= 15 is 0 Å². The summed E-state index contributed by atoms with van der Waals surface area (Å²) in [7, 11) is 0. The second kappa shape index (κ2) is 6.53. The lowest BCUT2D eigenvalue weighted by Crippen LogP contribution is -2.52. The van der Waals surface area contributed by atoms with Crippen molar-refractivity contribution in [3.05, 3.63) is 34.9 Å². The molecule has 4 rings (SSSR count). The van der Waals surface area contributed by atoms with Gasteiger partial charge in [0.1, 0.15) is 6.04 Å². The van der Waals surface area contributed by atoms with Crippen molar-refractivity contribution >= 4 is 23.6 Å². The molecule has 0 spiro atoms. The number of nitrogens with one attached hydrogen (secondary N) is 2. The molecule has 0 saturated carbocycles. The minimum Gasteiger partial charge on any atom is -0.322 e. The van der Waals surface area contributed by atoms with Crippen LogP contribution in [0.2, 0.25) is 0 Å². The molecule has 0 bridgehead atoms. The number of hydrogen-bond donors (Lipinski definition) is 2. The lowest BCUT2D eigenvalue weighted by molar-refractivity contribution is -0.136. The molecule has 2 saturated heterocycles. The van der Waals surface area contributed by atoms with E-state index in [0.717, 1.165) is 19.4 Å². The number of hydrazine groups is 1. The maximum atomic E-state index is 12.9. The summed E-state index contributed by atoms with van der Waals surface area (Å²) in [5, 5.41) is 3.88. The molecule has 1 unspecified atom stereocenters. The fourth-order valence-corrected chi connectivity index (χ4v) is 3.79. The van der Waals surface area contributed by atoms with Crippen LogP contribution in [0.4, 0.5) is 0 Å². The lowest BCUT2D eigenvalue weighted by Gasteiger charge is -2.30. The van der Waals surface area contributed by atoms with E-state index < -0.39 is 11.9 Å². The van der Waals surface area contributed by atoms with Crippen molar-refractivity contribution in [2.45, 2.75) is 38.3 Å². The molecule has 3 aliphatic rings. The van der Waals surface area contributed by atoms with E-state index in [1.54, 1.807) is 23.2 Å². The molecule has 26 heavy (non-hydrogen) atoms. The molecular formula is C18H20N4O4. The van der Waals surface area contributed by atoms with Crippen LogP contribution >= 0.6 is 0 Å². The van der Waals surface area contributed by atoms with Crippen LogP contribution in [0.3, 0.4) is 0 Å². The van der Waals surface area contributed by atoms with Crippen molar-refractivity contribution in [3.63, 3.8) is 0 Å². The summed E-state index contributed by atoms with van der Waals surface area (Å²) in [6.45, 7) is 1.59. The quantitative estimate of drug-likeness (QED) is 0.737. The Kier molecular flexibility index (Phi) is 4.20. The van der Waals surface area contributed by atoms with Crippen molar-refractivity contribution in [3.8, 4) is 0 Å². The number of imide groups is 1. The SMILES string of the molecule is O=C1CCC(N2Cc3c(C(=O)N4CCCCN4)cccc3C2=O)C(=O)N1. The molecule has 0 radical (unpaired) electrons. The van der Waals surface area contributed by atoms with Crippen LogP contribution in [-0.4, -0.2) is 52.7 Å². The molecule has 0 aliphatic carbocycles. The van der Waals surface area contributed by atoms with Crippen LogP contribution in [0.25, 0.3) is 0 Å². The first-order valence-corrected chi connectivity index (χ1v) is 8.88. The Hall–Kier alpha value is -2.74. The van der Waals surface area contributed by atoms with Crippen LogP contribution in [0.5, 0.6) is 0 Å². The highest BCUT2D eigenvalue weighted by Gasteiger charge is 2.40. The molecule has 3 aliphatic heterocycles. The lowest BCUT2D eigenvalue weighted by atomic mass is 10.0. The van der Waals surface area contributed by atoms with Crippen molar-refractivity contribution in [2.24, 2.45) is 0 Å². The second-order valence-electron chi connectivity index (χ2n) is 6.80. The monoisotopic (exact) mass is 356 g/mol. The van der Waals surface area contributed by atoms with Gasteiger partial charge in [0.05, 0.1) is 0 Å². The van der Waals surface area contributed by atoms with Gasteiger partial charge in [0, 0.05) is 37.2 Å². The van der Waals surface area contributed by atoms with Gasteiger partial charge in [-0.15, -0.1) is 0 Å². The van der Waals surface area contributed by atoms with Crippen molar-refractivity contribution in [2.75, 3.05) is 13.1 Å². The number of carbonyl (C=O) groups is 4. The zero-order chi connectivity index (χ0) is 18.3. The van der Waals surface area contributed by atoms with Gasteiger partial charge in [0.15, 0.2) is 0 Å². The molecule has 8 heteroatoms. The summed E-state index contributed by atoms with van der Waals surface area (Å²) in [4.78, 5) is 50.6. The summed E-state index contributed by atoms with van der Waals surface area (Å²) in [5.74, 6) is -1.19. The third-order valence-electron chi connectivity index (χ3n) is 5.17. The first-order valence-electron chi connectivity index (χ1n) is 8.88. The highest BCUT2D eigenvalue weighted by atomic mass is 16.2. The van der Waals surface area contributed by atoms with E-state index in [2.05, 4.69) is 10.7 Å². The molecule has 8 nitrogen and oxygen atoms in total. The van der Waals surface area contributed by atoms with E-state index in [1.807, 2.05) is 0 Å². The fourth-order valence-electron chi connectivity index (χ4n) is 3.79. The van der Waals surface area contributed by atoms with Gasteiger partial charge in [-0.1, -0.05) is 6.07 Å². The Morgan fingerprint density at radius 1 is 1.15 bits per heavy atom. The average molecular weight is 356 g/mol. The topological polar surface area (TPSA) is 98.8 Å². The van der Waals surface area contributed by atoms with Gasteiger partial charge in [-0.3, -0.25) is 29.5 Å². The van der Waals surface area contributed by atoms with Gasteiger partial charge >= 0.3 is 0 Å². The number of rotatable bonds is 2. The van der Waals surface area contributed by atoms with Gasteiger partial charge in [0.2, 0.25) is 11.8 Å². The first kappa shape index (κ1) is 16.7. The van der Waals surface area contributed by atoms with Crippen molar-refractivity contribution in [1.29, 1.82) is 0 Å². The zero-order valence-electron chi connectivity index (χ0n) is 14.3. The molecule has 2 N–H and O–H groups in total. The third-order valence-corrected chi connectivity index (χ3v) is 5.17. The number of carbonyl (C=O) groups excluding carboxylic acids is 4. The highest BCUT2D eigenvalue weighted by molar-refractivity contribution is 6.07. The summed E-state index contributed by atoms with van der Waals surface area (Å²) >= 11 is 0. The number of piperidine rings is 1. The Balaban J connectivity index is 1.61. The number of fused-ring (bicyclic) bond motifs is 1. The molecule has 136 valence electrons. The molecular weight excluding hydrogens is 336 g/mol. The van der Waals surface area contributed by atoms with Crippen LogP contribution < -0.4 is 10.7 Å². The van der Waals surface area contributed by atoms with E-state index in [0.29, 0.717) is 29.7 Å². The van der Waals surface area contributed by atoms with Gasteiger partial charge in [-0.05, 0) is 37.0 Å². The minimum atomic E-state index is -0.677. The minimum absolute atomic E-state index is 0.153. The molecule has 1 aromatic rings. The summed E-state index contributed by atoms with van der Waals surface area (Å²) in [6.07, 6.45) is 2.48. The Labute approximate surface area is 150 Å². The van der Waals surface area contributed by atoms with Gasteiger partial charge in [0.25, 0.3) is 11.8 Å². The zero-order valence-corrected chi connectivity index (χ0v) is 14.3. The van der Waals surface area contributed by atoms with E-state index in [-0.39, 0.29) is 30.7 Å². The van der Waals surface area contributed by atoms with Crippen LogP contribution in [-0.2, 0) is 16.1 Å². The fraction of sp³-hybridized carbons (Fsp3) is 0.444. The third kappa shape index (κ3) is 2.76. The standard InChI is InChI=1S/C18H20N4O4/c23-15-7-6-14(16(24)20-15)21-10-13-11(17(21)25)4-3-5-12(13)18(26)22-9-2-1-8-19-22/h3-5,14,19H,1-2,6-10H2,(H,20,23,24). The smallest absolute Gasteiger partial charge is 0.268 e. The van der Waals surface area contributed by atoms with Crippen LogP contribution in [0.1, 0.15) is 52.0 Å². The number of amides is 4.